The van der Waals surface area contributed by atoms with Crippen LogP contribution in [0.4, 0.5) is 105 Å². The van der Waals surface area contributed by atoms with Gasteiger partial charge in [0.2, 0.25) is 0 Å². The lowest BCUT2D eigenvalue weighted by Gasteiger charge is -2.46. The Balaban J connectivity index is 0.000000294. The first-order valence-electron chi connectivity index (χ1n) is 27.0. The van der Waals surface area contributed by atoms with Crippen molar-refractivity contribution in [1.29, 1.82) is 0 Å². The lowest BCUT2D eigenvalue weighted by molar-refractivity contribution is -0.684. The highest BCUT2D eigenvalue weighted by Crippen LogP contribution is 2.42. The third kappa shape index (κ3) is 17.0. The number of hydrogen-bond acceptors (Lipinski definition) is 4. The monoisotopic (exact) mass is 1310 g/mol. The van der Waals surface area contributed by atoms with E-state index in [1.54, 1.807) is 0 Å². The Kier molecular flexibility index (Phi) is 20.4. The number of ether oxygens (including phenoxy) is 2. The van der Waals surface area contributed by atoms with Crippen LogP contribution in [0, 0.1) is 0 Å². The molecule has 1 aromatic heterocycles. The van der Waals surface area contributed by atoms with Crippen molar-refractivity contribution < 1.29 is 129 Å². The Morgan fingerprint density at radius 3 is 0.844 bits per heavy atom. The second-order valence-electron chi connectivity index (χ2n) is 21.3. The molecule has 0 amide bonds. The highest BCUT2D eigenvalue weighted by atomic mass is 19.4. The van der Waals surface area contributed by atoms with Gasteiger partial charge in [0.25, 0.3) is 0 Å². The van der Waals surface area contributed by atoms with Crippen LogP contribution in [-0.4, -0.2) is 30.3 Å². The van der Waals surface area contributed by atoms with Crippen LogP contribution in [0.3, 0.4) is 0 Å². The van der Waals surface area contributed by atoms with Crippen molar-refractivity contribution in [3.63, 3.8) is 0 Å². The van der Waals surface area contributed by atoms with E-state index in [9.17, 15) is 115 Å². The minimum Gasteiger partial charge on any atom is -0.459 e. The molecule has 486 valence electrons. The standard InChI is InChI=1S/C32H12BF24.C28H34NO4/c34-25(35,36)13-1-14(26(37,38)39)6-21(5-13)33(22-7-15(27(40,41)42)2-16(8-22)28(43,44)45,23-9-17(29(46,47)48)3-18(10-23)30(49,50)51)24-11-19(31(52,53)54)4-20(12-24)32(55,56)57;30-27(32-23-15-7-2-8-16-23)26(28(31)33-24-17-9-3-10-18-24)25(22-13-5-1-6-14-22)21-29-19-11-4-12-20-29/h1-12H;1,4-6,11-14,19-20,23-24H,2-3,7-10,15-18,21H2/q-1;+1. The van der Waals surface area contributed by atoms with Gasteiger partial charge >= 0.3 is 61.3 Å². The molecule has 2 aliphatic rings. The lowest BCUT2D eigenvalue weighted by Crippen LogP contribution is -2.75. The predicted molar refractivity (Wildman–Crippen MR) is 276 cm³/mol. The molecule has 2 aliphatic carbocycles. The largest absolute Gasteiger partial charge is 0.459 e. The summed E-state index contributed by atoms with van der Waals surface area (Å²) < 4.78 is 355. The van der Waals surface area contributed by atoms with Gasteiger partial charge in [-0.2, -0.15) is 127 Å². The van der Waals surface area contributed by atoms with Gasteiger partial charge in [0.05, 0.1) is 44.5 Å². The maximum Gasteiger partial charge on any atom is 0.416 e. The summed E-state index contributed by atoms with van der Waals surface area (Å²) in [6.07, 6.45) is -41.3. The summed E-state index contributed by atoms with van der Waals surface area (Å²) in [5.74, 6) is -1.11. The molecule has 90 heavy (non-hydrogen) atoms. The van der Waals surface area contributed by atoms with Crippen molar-refractivity contribution in [2.45, 2.75) is 132 Å². The fraction of sp³-hybridized carbons (Fsp3) is 0.350. The van der Waals surface area contributed by atoms with E-state index in [1.807, 2.05) is 65.5 Å². The number of pyridine rings is 1. The van der Waals surface area contributed by atoms with E-state index in [0.717, 1.165) is 56.9 Å². The van der Waals surface area contributed by atoms with Gasteiger partial charge in [-0.25, -0.2) is 14.2 Å². The topological polar surface area (TPSA) is 56.5 Å². The van der Waals surface area contributed by atoms with Crippen LogP contribution in [0.5, 0.6) is 0 Å². The Hall–Kier alpha value is -7.69. The summed E-state index contributed by atoms with van der Waals surface area (Å²) in [4.78, 5) is 27.0. The third-order valence-electron chi connectivity index (χ3n) is 15.0. The number of benzene rings is 5. The Labute approximate surface area is 495 Å². The van der Waals surface area contributed by atoms with E-state index in [0.29, 0.717) is 12.1 Å². The zero-order chi connectivity index (χ0) is 66.8. The van der Waals surface area contributed by atoms with Gasteiger partial charge in [-0.1, -0.05) is 97.8 Å². The maximum atomic E-state index is 14.2. The molecule has 0 bridgehead atoms. The first kappa shape index (κ1) is 69.8. The average Bonchev–Trinajstić information content (AvgIpc) is 0.709. The second kappa shape index (κ2) is 26.3. The molecule has 1 heterocycles. The Bertz CT molecular complexity index is 3060. The highest BCUT2D eigenvalue weighted by Gasteiger charge is 2.48. The number of carbonyl (C=O) groups excluding carboxylic acids is 2. The maximum absolute atomic E-state index is 14.2. The van der Waals surface area contributed by atoms with Crippen LogP contribution in [0.15, 0.2) is 139 Å². The first-order chi connectivity index (χ1) is 41.5. The molecule has 0 saturated heterocycles. The van der Waals surface area contributed by atoms with E-state index in [4.69, 9.17) is 9.47 Å². The summed E-state index contributed by atoms with van der Waals surface area (Å²) in [7, 11) is 0. The number of nitrogens with zero attached hydrogens (tertiary/aromatic N) is 1. The summed E-state index contributed by atoms with van der Waals surface area (Å²) in [5.41, 5.74) is -28.7. The SMILES string of the molecule is FC(F)(F)c1cc([B-](c2cc(C(F)(F)F)cc(C(F)(F)F)c2)(c2cc(C(F)(F)F)cc(C(F)(F)F)c2)c2cc(C(F)(F)F)cc(C(F)(F)F)c2)cc(C(F)(F)F)c1.O=C(OC1CCCCC1)C(C(=O)OC1CCCCC1)=C(C[n+]1ccccc1)c1ccccc1. The number of hydrogen-bond donors (Lipinski definition) is 0. The molecule has 0 atom stereocenters. The summed E-state index contributed by atoms with van der Waals surface area (Å²) in [5, 5.41) is 0. The Morgan fingerprint density at radius 2 is 0.600 bits per heavy atom. The molecular formula is C60H46BF24NO4. The molecule has 30 heteroatoms. The van der Waals surface area contributed by atoms with Gasteiger partial charge in [-0.15, -0.1) is 0 Å². The fourth-order valence-corrected chi connectivity index (χ4v) is 10.9. The second-order valence-corrected chi connectivity index (χ2v) is 21.3. The number of carbonyl (C=O) groups is 2. The highest BCUT2D eigenvalue weighted by molar-refractivity contribution is 7.20. The van der Waals surface area contributed by atoms with Crippen LogP contribution in [-0.2, 0) is 75.0 Å². The van der Waals surface area contributed by atoms with Gasteiger partial charge < -0.3 is 9.47 Å². The molecule has 2 fully saturated rings. The number of aromatic nitrogens is 1. The molecule has 0 aliphatic heterocycles. The summed E-state index contributed by atoms with van der Waals surface area (Å²) in [6.45, 7) is 0.375. The van der Waals surface area contributed by atoms with Crippen molar-refractivity contribution in [3.8, 4) is 0 Å². The smallest absolute Gasteiger partial charge is 0.416 e. The number of halogens is 24. The van der Waals surface area contributed by atoms with E-state index >= 15 is 0 Å². The van der Waals surface area contributed by atoms with Gasteiger partial charge in [0.1, 0.15) is 18.4 Å². The number of rotatable bonds is 11. The van der Waals surface area contributed by atoms with Gasteiger partial charge in [0.15, 0.2) is 24.5 Å². The zero-order valence-electron chi connectivity index (χ0n) is 45.9. The van der Waals surface area contributed by atoms with Crippen LogP contribution in [0.25, 0.3) is 5.57 Å². The molecule has 0 spiro atoms. The molecule has 6 aromatic rings. The summed E-state index contributed by atoms with van der Waals surface area (Å²) >= 11 is 0. The first-order valence-corrected chi connectivity index (χ1v) is 27.0. The molecule has 0 unspecified atom stereocenters. The zero-order valence-corrected chi connectivity index (χ0v) is 45.9. The van der Waals surface area contributed by atoms with Crippen molar-refractivity contribution >= 4 is 45.5 Å². The van der Waals surface area contributed by atoms with Crippen molar-refractivity contribution in [2.75, 3.05) is 0 Å². The summed E-state index contributed by atoms with van der Waals surface area (Å²) in [6, 6.07) is 6.63. The van der Waals surface area contributed by atoms with E-state index in [-0.39, 0.29) is 17.8 Å². The molecule has 0 radical (unpaired) electrons. The quantitative estimate of drug-likeness (QED) is 0.0247. The fourth-order valence-electron chi connectivity index (χ4n) is 10.9. The van der Waals surface area contributed by atoms with Crippen molar-refractivity contribution in [2.24, 2.45) is 0 Å². The van der Waals surface area contributed by atoms with E-state index in [2.05, 4.69) is 0 Å². The average molecular weight is 1310 g/mol. The minimum atomic E-state index is -6.13. The molecule has 8 rings (SSSR count). The molecular weight excluding hydrogens is 1270 g/mol. The van der Waals surface area contributed by atoms with Gasteiger partial charge in [-0.05, 0) is 81.2 Å². The van der Waals surface area contributed by atoms with Crippen molar-refractivity contribution in [3.05, 3.63) is 189 Å². The minimum absolute atomic E-state index is 0.0358. The Morgan fingerprint density at radius 1 is 0.356 bits per heavy atom. The molecule has 5 aromatic carbocycles. The number of esters is 2. The molecule has 5 nitrogen and oxygen atoms in total. The van der Waals surface area contributed by atoms with Gasteiger partial charge in [-0.3, -0.25) is 0 Å². The third-order valence-corrected chi connectivity index (χ3v) is 15.0. The predicted octanol–water partition coefficient (Wildman–Crippen LogP) is 16.4. The normalized spacial score (nSPS) is 15.4. The number of allylic oxidation sites excluding steroid dienone is 1. The van der Waals surface area contributed by atoms with Crippen molar-refractivity contribution in [1.82, 2.24) is 0 Å². The van der Waals surface area contributed by atoms with Gasteiger partial charge in [0, 0.05) is 17.7 Å². The van der Waals surface area contributed by atoms with Crippen LogP contribution < -0.4 is 26.4 Å². The molecule has 2 saturated carbocycles. The molecule has 0 N–H and O–H groups in total. The lowest BCUT2D eigenvalue weighted by atomic mass is 9.12. The van der Waals surface area contributed by atoms with Crippen LogP contribution >= 0.6 is 0 Å². The van der Waals surface area contributed by atoms with E-state index in [1.165, 1.54) is 12.8 Å². The van der Waals surface area contributed by atoms with Crippen LogP contribution in [0.2, 0.25) is 0 Å². The van der Waals surface area contributed by atoms with Crippen LogP contribution in [0.1, 0.15) is 114 Å². The van der Waals surface area contributed by atoms with E-state index < -0.39 is 207 Å². The number of alkyl halides is 24.